The smallest absolute Gasteiger partial charge is 0.344 e. The minimum absolute atomic E-state index is 0.145. The Hall–Kier alpha value is -5.16. The van der Waals surface area contributed by atoms with Crippen LogP contribution in [0.15, 0.2) is 42.6 Å². The van der Waals surface area contributed by atoms with E-state index in [0.717, 1.165) is 44.1 Å². The molecule has 1 fully saturated rings. The summed E-state index contributed by atoms with van der Waals surface area (Å²) in [5.74, 6) is 0.905. The lowest BCUT2D eigenvalue weighted by molar-refractivity contribution is -0.145. The number of hydrogen-bond acceptors (Lipinski definition) is 9. The number of nitrogens with one attached hydrogen (secondary N) is 2. The number of H-pyrrole nitrogens is 1. The first-order valence-electron chi connectivity index (χ1n) is 17.5. The van der Waals surface area contributed by atoms with Crippen molar-refractivity contribution in [3.8, 4) is 22.9 Å². The molecular formula is C38H47N5O8S. The van der Waals surface area contributed by atoms with E-state index in [2.05, 4.69) is 43.0 Å². The van der Waals surface area contributed by atoms with E-state index in [0.29, 0.717) is 52.2 Å². The molecule has 1 aliphatic rings. The minimum Gasteiger partial charge on any atom is -0.495 e. The number of hydrogen-bond donors (Lipinski definition) is 3. The molecule has 1 aliphatic carbocycles. The van der Waals surface area contributed by atoms with Gasteiger partial charge in [0.25, 0.3) is 0 Å². The molecule has 52 heavy (non-hydrogen) atoms. The Morgan fingerprint density at radius 1 is 1.08 bits per heavy atom. The van der Waals surface area contributed by atoms with Crippen molar-refractivity contribution in [2.24, 2.45) is 17.8 Å². The van der Waals surface area contributed by atoms with Gasteiger partial charge in [0.1, 0.15) is 23.2 Å². The highest BCUT2D eigenvalue weighted by Gasteiger charge is 2.35. The third kappa shape index (κ3) is 9.58. The molecule has 3 N–H and O–H groups in total. The van der Waals surface area contributed by atoms with Crippen molar-refractivity contribution in [3.63, 3.8) is 0 Å². The summed E-state index contributed by atoms with van der Waals surface area (Å²) in [4.78, 5) is 34.0. The first-order chi connectivity index (χ1) is 24.9. The highest BCUT2D eigenvalue weighted by Crippen LogP contribution is 2.39. The van der Waals surface area contributed by atoms with E-state index >= 15 is 0 Å². The number of ether oxygens (including phenoxy) is 3. The fourth-order valence-corrected chi connectivity index (χ4v) is 7.03. The fraction of sp³-hybridized carbons (Fsp3) is 0.474. The van der Waals surface area contributed by atoms with E-state index in [1.165, 1.54) is 0 Å². The molecule has 0 spiro atoms. The molecule has 278 valence electrons. The van der Waals surface area contributed by atoms with Gasteiger partial charge < -0.3 is 24.6 Å². The van der Waals surface area contributed by atoms with Gasteiger partial charge in [0.15, 0.2) is 17.6 Å². The number of methoxy groups -OCH3 is 1. The summed E-state index contributed by atoms with van der Waals surface area (Å²) in [5, 5.41) is 16.5. The topological polar surface area (TPSA) is 166 Å². The summed E-state index contributed by atoms with van der Waals surface area (Å²) >= 11 is -0.750. The molecule has 0 bridgehead atoms. The molecule has 1 saturated carbocycles. The van der Waals surface area contributed by atoms with Crippen molar-refractivity contribution in [1.82, 2.24) is 14.6 Å². The van der Waals surface area contributed by atoms with Gasteiger partial charge in [-0.15, -0.1) is 0 Å². The molecule has 4 aromatic rings. The summed E-state index contributed by atoms with van der Waals surface area (Å²) < 4.78 is 36.0. The molecule has 2 aromatic carbocycles. The van der Waals surface area contributed by atoms with E-state index in [1.807, 2.05) is 31.2 Å². The molecule has 0 aliphatic heterocycles. The molecule has 0 saturated heterocycles. The van der Waals surface area contributed by atoms with Gasteiger partial charge in [0, 0.05) is 11.8 Å². The number of carbonyl (C=O) groups is 2. The molecule has 3 atom stereocenters. The zero-order valence-corrected chi connectivity index (χ0v) is 31.2. The number of carbonyl (C=O) groups excluding carboxylic acids is 1. The van der Waals surface area contributed by atoms with E-state index in [1.54, 1.807) is 30.0 Å². The molecule has 2 heterocycles. The molecule has 3 unspecified atom stereocenters. The van der Waals surface area contributed by atoms with Crippen molar-refractivity contribution in [2.75, 3.05) is 12.4 Å². The number of unbranched alkanes of at least 4 members (excludes halogenated alkanes) is 3. The van der Waals surface area contributed by atoms with Gasteiger partial charge in [-0.05, 0) is 86.3 Å². The largest absolute Gasteiger partial charge is 0.495 e. The maximum absolute atomic E-state index is 13.6. The second-order valence-electron chi connectivity index (χ2n) is 13.6. The van der Waals surface area contributed by atoms with Gasteiger partial charge in [0.05, 0.1) is 25.1 Å². The summed E-state index contributed by atoms with van der Waals surface area (Å²) in [6.07, 6.45) is 6.57. The second-order valence-corrected chi connectivity index (χ2v) is 13.7. The Kier molecular flexibility index (Phi) is 14.0. The van der Waals surface area contributed by atoms with Crippen LogP contribution in [0.1, 0.15) is 88.6 Å². The number of fused-ring (bicyclic) bond motifs is 1. The number of esters is 1. The van der Waals surface area contributed by atoms with Gasteiger partial charge in [-0.2, -0.15) is 8.42 Å². The van der Waals surface area contributed by atoms with Crippen molar-refractivity contribution in [1.29, 1.82) is 0 Å². The normalized spacial score (nSPS) is 18.7. The lowest BCUT2D eigenvalue weighted by atomic mass is 9.75. The van der Waals surface area contributed by atoms with Crippen LogP contribution in [0.3, 0.4) is 0 Å². The number of benzene rings is 2. The number of aryl methyl sites for hydroxylation is 1. The number of aromatic amines is 1. The van der Waals surface area contributed by atoms with Crippen LogP contribution in [0.5, 0.6) is 11.5 Å². The van der Waals surface area contributed by atoms with Gasteiger partial charge >= 0.3 is 23.5 Å². The van der Waals surface area contributed by atoms with Crippen molar-refractivity contribution in [3.05, 3.63) is 65.1 Å². The number of carboxylic acid groups (broad SMARTS) is 1. The second kappa shape index (κ2) is 18.4. The van der Waals surface area contributed by atoms with Gasteiger partial charge in [0.2, 0.25) is 5.69 Å². The number of rotatable bonds is 14. The summed E-state index contributed by atoms with van der Waals surface area (Å²) in [6.45, 7) is 18.2. The lowest BCUT2D eigenvalue weighted by Gasteiger charge is -2.37. The maximum atomic E-state index is 13.6. The summed E-state index contributed by atoms with van der Waals surface area (Å²) in [5.41, 5.74) is 3.47. The van der Waals surface area contributed by atoms with Crippen LogP contribution in [0.2, 0.25) is 0 Å². The fourth-order valence-electron chi connectivity index (χ4n) is 7.03. The van der Waals surface area contributed by atoms with Crippen LogP contribution in [-0.2, 0) is 21.1 Å². The van der Waals surface area contributed by atoms with Gasteiger partial charge in [-0.3, -0.25) is 9.61 Å². The zero-order chi connectivity index (χ0) is 37.9. The SMILES string of the molecule is O=S=O.[C-]#[N+]c1cn2[nH]c(-c3ccc(OC)c(Nc4cc(C)ccc4OC(CCCCCC)C(=O)O)c3)nc2c1C(=O)OC1C(C)CC(C)CC1C. The molecule has 5 rings (SSSR count). The van der Waals surface area contributed by atoms with E-state index in [-0.39, 0.29) is 29.2 Å². The average Bonchev–Trinajstić information content (AvgIpc) is 3.67. The monoisotopic (exact) mass is 733 g/mol. The highest BCUT2D eigenvalue weighted by atomic mass is 32.1. The molecule has 2 aromatic heterocycles. The zero-order valence-electron chi connectivity index (χ0n) is 30.4. The summed E-state index contributed by atoms with van der Waals surface area (Å²) in [6, 6.07) is 11.0. The first kappa shape index (κ1) is 39.6. The minimum atomic E-state index is -1.00. The third-order valence-corrected chi connectivity index (χ3v) is 9.38. The molecule has 14 heteroatoms. The van der Waals surface area contributed by atoms with E-state index in [9.17, 15) is 14.7 Å². The third-order valence-electron chi connectivity index (χ3n) is 9.38. The average molecular weight is 734 g/mol. The van der Waals surface area contributed by atoms with Gasteiger partial charge in [-0.1, -0.05) is 53.0 Å². The predicted molar refractivity (Wildman–Crippen MR) is 198 cm³/mol. The van der Waals surface area contributed by atoms with Crippen LogP contribution in [-0.4, -0.2) is 59.4 Å². The van der Waals surface area contributed by atoms with Crippen LogP contribution < -0.4 is 14.8 Å². The Morgan fingerprint density at radius 2 is 1.75 bits per heavy atom. The lowest BCUT2D eigenvalue weighted by Crippen LogP contribution is -2.37. The molecule has 13 nitrogen and oxygen atoms in total. The molecular weight excluding hydrogens is 687 g/mol. The van der Waals surface area contributed by atoms with Crippen LogP contribution in [0.25, 0.3) is 21.9 Å². The Labute approximate surface area is 307 Å². The number of anilines is 2. The van der Waals surface area contributed by atoms with E-state index in [4.69, 9.17) is 34.2 Å². The maximum Gasteiger partial charge on any atom is 0.344 e. The van der Waals surface area contributed by atoms with Crippen LogP contribution in [0.4, 0.5) is 17.1 Å². The van der Waals surface area contributed by atoms with Crippen LogP contribution >= 0.6 is 0 Å². The van der Waals surface area contributed by atoms with Crippen molar-refractivity contribution >= 4 is 46.2 Å². The predicted octanol–water partition coefficient (Wildman–Crippen LogP) is 8.30. The molecule has 0 amide bonds. The van der Waals surface area contributed by atoms with E-state index < -0.39 is 29.6 Å². The van der Waals surface area contributed by atoms with Crippen molar-refractivity contribution in [2.45, 2.75) is 91.8 Å². The van der Waals surface area contributed by atoms with Gasteiger partial charge in [-0.25, -0.2) is 19.4 Å². The van der Waals surface area contributed by atoms with Crippen LogP contribution in [0, 0.1) is 31.2 Å². The first-order valence-corrected chi connectivity index (χ1v) is 18.2. The number of aromatic nitrogens is 3. The number of aliphatic carboxylic acids is 1. The Morgan fingerprint density at radius 3 is 2.38 bits per heavy atom. The quantitative estimate of drug-likeness (QED) is 0.0652. The Balaban J connectivity index is 0.00000195. The number of nitrogens with zero attached hydrogens (tertiary/aromatic N) is 3. The standard InChI is InChI=1S/C38H47N5O6.O2S/c1-8-9-10-11-12-32(37(44)45)48-31-15-13-22(2)19-27(31)40-28-20-26(14-16-30(28)47-7)35-41-36-33(29(39-6)21-43(36)42-35)38(46)49-34-24(4)17-23(3)18-25(34)5;1-3-2/h13-16,19-21,23-25,32,34,40H,8-12,17-18H2,1-5,7H3,(H,41,42)(H,44,45);. The Bertz CT molecular complexity index is 1930. The summed E-state index contributed by atoms with van der Waals surface area (Å²) in [7, 11) is 1.57. The highest BCUT2D eigenvalue weighted by molar-refractivity contribution is 7.51. The number of carboxylic acids is 1. The van der Waals surface area contributed by atoms with Crippen molar-refractivity contribution < 1.29 is 37.3 Å². The molecule has 0 radical (unpaired) electrons.